The molecule has 4 rings (SSSR count). The van der Waals surface area contributed by atoms with Crippen LogP contribution in [0.5, 0.6) is 0 Å². The Balaban J connectivity index is 1.50. The lowest BCUT2D eigenvalue weighted by atomic mass is 9.93. The van der Waals surface area contributed by atoms with E-state index in [4.69, 9.17) is 0 Å². The smallest absolute Gasteiger partial charge is 0.227 e. The number of anilines is 1. The average molecular weight is 386 g/mol. The van der Waals surface area contributed by atoms with Crippen molar-refractivity contribution >= 4 is 23.7 Å². The van der Waals surface area contributed by atoms with Crippen LogP contribution in [0.15, 0.2) is 73.1 Å². The first-order valence-electron chi connectivity index (χ1n) is 9.53. The van der Waals surface area contributed by atoms with E-state index in [0.717, 1.165) is 16.7 Å². The highest BCUT2D eigenvalue weighted by atomic mass is 16.2. The summed E-state index contributed by atoms with van der Waals surface area (Å²) in [6.07, 6.45) is 5.48. The summed E-state index contributed by atoms with van der Waals surface area (Å²) in [5, 5.41) is 7.26. The van der Waals surface area contributed by atoms with Gasteiger partial charge in [-0.1, -0.05) is 54.6 Å². The SMILES string of the molecule is CC(=O)N1C=Cc2ccccc2[C@@H]1CC(=O)Nc1ccnn1Cc1ccccc1. The van der Waals surface area contributed by atoms with Crippen LogP contribution in [0.3, 0.4) is 0 Å². The fourth-order valence-electron chi connectivity index (χ4n) is 3.60. The topological polar surface area (TPSA) is 67.2 Å². The molecule has 0 fully saturated rings. The van der Waals surface area contributed by atoms with Gasteiger partial charge < -0.3 is 10.2 Å². The van der Waals surface area contributed by atoms with E-state index in [-0.39, 0.29) is 24.3 Å². The van der Waals surface area contributed by atoms with Crippen molar-refractivity contribution in [2.75, 3.05) is 5.32 Å². The van der Waals surface area contributed by atoms with E-state index < -0.39 is 0 Å². The molecule has 146 valence electrons. The normalized spacial score (nSPS) is 15.1. The van der Waals surface area contributed by atoms with E-state index in [1.807, 2.05) is 60.7 Å². The third-order valence-corrected chi connectivity index (χ3v) is 5.01. The molecule has 2 aromatic carbocycles. The van der Waals surface area contributed by atoms with Gasteiger partial charge in [-0.15, -0.1) is 0 Å². The van der Waals surface area contributed by atoms with Gasteiger partial charge in [-0.3, -0.25) is 9.59 Å². The first-order valence-corrected chi connectivity index (χ1v) is 9.53. The van der Waals surface area contributed by atoms with Crippen molar-refractivity contribution in [1.82, 2.24) is 14.7 Å². The molecule has 0 spiro atoms. The van der Waals surface area contributed by atoms with E-state index in [1.54, 1.807) is 28.0 Å². The van der Waals surface area contributed by atoms with Crippen molar-refractivity contribution in [2.45, 2.75) is 25.9 Å². The molecule has 1 atom stereocenters. The number of aromatic nitrogens is 2. The molecule has 1 aromatic heterocycles. The first-order chi connectivity index (χ1) is 14.1. The van der Waals surface area contributed by atoms with Gasteiger partial charge in [-0.05, 0) is 22.8 Å². The quantitative estimate of drug-likeness (QED) is 0.725. The number of nitrogens with one attached hydrogen (secondary N) is 1. The molecule has 1 aliphatic rings. The second kappa shape index (κ2) is 8.14. The van der Waals surface area contributed by atoms with Gasteiger partial charge in [0.15, 0.2) is 0 Å². The Morgan fingerprint density at radius 2 is 1.79 bits per heavy atom. The first kappa shape index (κ1) is 18.7. The Kier molecular flexibility index (Phi) is 5.24. The number of benzene rings is 2. The molecule has 1 aliphatic heterocycles. The van der Waals surface area contributed by atoms with Crippen molar-refractivity contribution in [1.29, 1.82) is 0 Å². The molecule has 6 nitrogen and oxygen atoms in total. The largest absolute Gasteiger partial charge is 0.311 e. The minimum Gasteiger partial charge on any atom is -0.311 e. The Bertz CT molecular complexity index is 1060. The van der Waals surface area contributed by atoms with E-state index in [0.29, 0.717) is 12.4 Å². The number of hydrogen-bond donors (Lipinski definition) is 1. The van der Waals surface area contributed by atoms with Gasteiger partial charge in [0.2, 0.25) is 11.8 Å². The van der Waals surface area contributed by atoms with Crippen LogP contribution in [0.1, 0.15) is 36.1 Å². The van der Waals surface area contributed by atoms with Crippen LogP contribution in [0, 0.1) is 0 Å². The summed E-state index contributed by atoms with van der Waals surface area (Å²) >= 11 is 0. The molecule has 2 amide bonds. The van der Waals surface area contributed by atoms with E-state index in [1.165, 1.54) is 6.92 Å². The molecule has 0 saturated heterocycles. The van der Waals surface area contributed by atoms with Crippen molar-refractivity contribution in [3.05, 3.63) is 89.8 Å². The third kappa shape index (κ3) is 4.11. The van der Waals surface area contributed by atoms with Crippen LogP contribution >= 0.6 is 0 Å². The maximum atomic E-state index is 12.8. The molecule has 0 saturated carbocycles. The summed E-state index contributed by atoms with van der Waals surface area (Å²) in [4.78, 5) is 26.6. The predicted octanol–water partition coefficient (Wildman–Crippen LogP) is 3.83. The van der Waals surface area contributed by atoms with Gasteiger partial charge in [0.05, 0.1) is 25.2 Å². The monoisotopic (exact) mass is 386 g/mol. The average Bonchev–Trinajstić information content (AvgIpc) is 3.15. The Morgan fingerprint density at radius 1 is 1.03 bits per heavy atom. The maximum Gasteiger partial charge on any atom is 0.227 e. The zero-order chi connectivity index (χ0) is 20.2. The molecule has 0 radical (unpaired) electrons. The fourth-order valence-corrected chi connectivity index (χ4v) is 3.60. The van der Waals surface area contributed by atoms with Gasteiger partial charge in [-0.2, -0.15) is 5.10 Å². The molecule has 0 aliphatic carbocycles. The summed E-state index contributed by atoms with van der Waals surface area (Å²) in [5.74, 6) is 0.372. The molecule has 2 heterocycles. The Hall–Kier alpha value is -3.67. The van der Waals surface area contributed by atoms with Gasteiger partial charge >= 0.3 is 0 Å². The van der Waals surface area contributed by atoms with Gasteiger partial charge in [0.25, 0.3) is 0 Å². The minimum atomic E-state index is -0.334. The molecule has 1 N–H and O–H groups in total. The summed E-state index contributed by atoms with van der Waals surface area (Å²) in [6, 6.07) is 19.2. The lowest BCUT2D eigenvalue weighted by Crippen LogP contribution is -2.33. The van der Waals surface area contributed by atoms with Crippen LogP contribution in [0.4, 0.5) is 5.82 Å². The predicted molar refractivity (Wildman–Crippen MR) is 112 cm³/mol. The molecule has 6 heteroatoms. The minimum absolute atomic E-state index is 0.0947. The van der Waals surface area contributed by atoms with Crippen LogP contribution in [-0.4, -0.2) is 26.5 Å². The van der Waals surface area contributed by atoms with Gasteiger partial charge in [0, 0.05) is 19.2 Å². The molecule has 0 bridgehead atoms. The number of amides is 2. The molecule has 29 heavy (non-hydrogen) atoms. The highest BCUT2D eigenvalue weighted by Gasteiger charge is 2.28. The fraction of sp³-hybridized carbons (Fsp3) is 0.174. The lowest BCUT2D eigenvalue weighted by molar-refractivity contribution is -0.129. The second-order valence-corrected chi connectivity index (χ2v) is 7.00. The van der Waals surface area contributed by atoms with E-state index in [9.17, 15) is 9.59 Å². The summed E-state index contributed by atoms with van der Waals surface area (Å²) in [5.41, 5.74) is 3.09. The Morgan fingerprint density at radius 3 is 2.59 bits per heavy atom. The summed E-state index contributed by atoms with van der Waals surface area (Å²) in [7, 11) is 0. The van der Waals surface area contributed by atoms with Gasteiger partial charge in [-0.25, -0.2) is 4.68 Å². The van der Waals surface area contributed by atoms with Crippen molar-refractivity contribution in [2.24, 2.45) is 0 Å². The highest BCUT2D eigenvalue weighted by Crippen LogP contribution is 2.33. The third-order valence-electron chi connectivity index (χ3n) is 5.01. The van der Waals surface area contributed by atoms with Crippen molar-refractivity contribution < 1.29 is 9.59 Å². The van der Waals surface area contributed by atoms with Crippen LogP contribution in [0.25, 0.3) is 6.08 Å². The lowest BCUT2D eigenvalue weighted by Gasteiger charge is -2.32. The summed E-state index contributed by atoms with van der Waals surface area (Å²) in [6.45, 7) is 2.08. The second-order valence-electron chi connectivity index (χ2n) is 7.00. The van der Waals surface area contributed by atoms with Gasteiger partial charge in [0.1, 0.15) is 5.82 Å². The number of fused-ring (bicyclic) bond motifs is 1. The molecule has 0 unspecified atom stereocenters. The van der Waals surface area contributed by atoms with E-state index >= 15 is 0 Å². The maximum absolute atomic E-state index is 12.8. The number of hydrogen-bond acceptors (Lipinski definition) is 3. The van der Waals surface area contributed by atoms with Crippen molar-refractivity contribution in [3.8, 4) is 0 Å². The standard InChI is InChI=1S/C23H22N4O2/c1-17(28)26-14-12-19-9-5-6-10-20(19)21(26)15-23(29)25-22-11-13-24-27(22)16-18-7-3-2-4-8-18/h2-14,21H,15-16H2,1H3,(H,25,29)/t21-/m0/s1. The number of carbonyl (C=O) groups is 2. The Labute approximate surface area is 169 Å². The number of rotatable bonds is 5. The highest BCUT2D eigenvalue weighted by molar-refractivity contribution is 5.91. The van der Waals surface area contributed by atoms with E-state index in [2.05, 4.69) is 10.4 Å². The zero-order valence-electron chi connectivity index (χ0n) is 16.2. The zero-order valence-corrected chi connectivity index (χ0v) is 16.2. The van der Waals surface area contributed by atoms with Crippen molar-refractivity contribution in [3.63, 3.8) is 0 Å². The number of carbonyl (C=O) groups excluding carboxylic acids is 2. The van der Waals surface area contributed by atoms with Crippen LogP contribution < -0.4 is 5.32 Å². The molecular weight excluding hydrogens is 364 g/mol. The summed E-state index contributed by atoms with van der Waals surface area (Å²) < 4.78 is 1.75. The molecular formula is C23H22N4O2. The van der Waals surface area contributed by atoms with Crippen LogP contribution in [-0.2, 0) is 16.1 Å². The number of nitrogens with zero attached hydrogens (tertiary/aromatic N) is 3. The van der Waals surface area contributed by atoms with Crippen LogP contribution in [0.2, 0.25) is 0 Å². The molecule has 3 aromatic rings.